The van der Waals surface area contributed by atoms with Gasteiger partial charge in [0, 0.05) is 28.2 Å². The van der Waals surface area contributed by atoms with E-state index in [1.165, 1.54) is 19.2 Å². The Hall–Kier alpha value is -4.07. The van der Waals surface area contributed by atoms with Crippen LogP contribution in [0.5, 0.6) is 0 Å². The van der Waals surface area contributed by atoms with Crippen LogP contribution in [0.4, 0.5) is 24.5 Å². The second-order valence-corrected chi connectivity index (χ2v) is 11.3. The SMILES string of the molecule is CCCC(C(=O)OC)N(c1ccc(-c2ccc(NC(=O)c3sc(-c4ccc(C(F)(F)F)cc4)nc3C)cc2)cc1)S(=O)[O-]. The number of rotatable bonds is 10. The molecule has 0 saturated carbocycles. The van der Waals surface area contributed by atoms with Gasteiger partial charge in [-0.2, -0.15) is 13.2 Å². The van der Waals surface area contributed by atoms with Gasteiger partial charge in [0.25, 0.3) is 5.91 Å². The summed E-state index contributed by atoms with van der Waals surface area (Å²) < 4.78 is 68.4. The van der Waals surface area contributed by atoms with E-state index in [1.54, 1.807) is 55.5 Å². The zero-order chi connectivity index (χ0) is 31.3. The van der Waals surface area contributed by atoms with Crippen molar-refractivity contribution in [3.8, 4) is 21.7 Å². The normalized spacial score (nSPS) is 12.8. The number of benzene rings is 3. The van der Waals surface area contributed by atoms with Crippen molar-refractivity contribution in [2.45, 2.75) is 38.9 Å². The summed E-state index contributed by atoms with van der Waals surface area (Å²) in [7, 11) is 1.21. The van der Waals surface area contributed by atoms with Crippen molar-refractivity contribution in [3.05, 3.63) is 88.9 Å². The Kier molecular flexibility index (Phi) is 9.99. The van der Waals surface area contributed by atoms with Gasteiger partial charge in [0.05, 0.1) is 18.4 Å². The van der Waals surface area contributed by atoms with E-state index in [2.05, 4.69) is 10.3 Å². The highest BCUT2D eigenvalue weighted by Gasteiger charge is 2.30. The molecule has 13 heteroatoms. The Labute approximate surface area is 253 Å². The fraction of sp³-hybridized carbons (Fsp3) is 0.233. The number of thiazole rings is 1. The van der Waals surface area contributed by atoms with Gasteiger partial charge in [-0.1, -0.05) is 49.7 Å². The molecule has 1 aromatic heterocycles. The van der Waals surface area contributed by atoms with Crippen molar-refractivity contribution in [2.24, 2.45) is 0 Å². The number of aryl methyl sites for hydroxylation is 1. The van der Waals surface area contributed by atoms with Crippen LogP contribution in [0.1, 0.15) is 40.7 Å². The van der Waals surface area contributed by atoms with Crippen LogP contribution in [0, 0.1) is 6.92 Å². The number of halogens is 3. The average molecular weight is 631 g/mol. The van der Waals surface area contributed by atoms with E-state index >= 15 is 0 Å². The van der Waals surface area contributed by atoms with Crippen LogP contribution in [0.3, 0.4) is 0 Å². The van der Waals surface area contributed by atoms with Crippen LogP contribution < -0.4 is 9.62 Å². The molecular formula is C30H27F3N3O5S2-. The van der Waals surface area contributed by atoms with Crippen LogP contribution >= 0.6 is 11.3 Å². The minimum absolute atomic E-state index is 0.299. The molecule has 1 heterocycles. The zero-order valence-electron chi connectivity index (χ0n) is 23.3. The Morgan fingerprint density at radius 1 is 1.00 bits per heavy atom. The van der Waals surface area contributed by atoms with Crippen molar-refractivity contribution in [3.63, 3.8) is 0 Å². The lowest BCUT2D eigenvalue weighted by Gasteiger charge is -2.32. The number of amides is 1. The van der Waals surface area contributed by atoms with Crippen LogP contribution in [0.15, 0.2) is 72.8 Å². The number of anilines is 2. The van der Waals surface area contributed by atoms with Crippen LogP contribution in [-0.4, -0.2) is 38.8 Å². The molecule has 0 aliphatic rings. The Bertz CT molecular complexity index is 1610. The number of nitrogens with one attached hydrogen (secondary N) is 1. The summed E-state index contributed by atoms with van der Waals surface area (Å²) in [6.45, 7) is 3.50. The van der Waals surface area contributed by atoms with Crippen molar-refractivity contribution >= 4 is 45.9 Å². The standard InChI is InChI=1S/C30H28F3N3O5S2/c1-4-5-25(29(38)41-3)36(43(39)40)24-16-10-20(11-17-24)19-8-14-23(15-9-19)35-27(37)26-18(2)34-28(42-26)21-6-12-22(13-7-21)30(31,32)33/h6-17,25H,4-5H2,1-3H3,(H,35,37)(H,39,40)/p-1. The largest absolute Gasteiger partial charge is 0.755 e. The summed E-state index contributed by atoms with van der Waals surface area (Å²) in [5.74, 6) is -1.04. The highest BCUT2D eigenvalue weighted by molar-refractivity contribution is 7.80. The van der Waals surface area contributed by atoms with E-state index < -0.39 is 40.9 Å². The zero-order valence-corrected chi connectivity index (χ0v) is 24.9. The molecule has 0 aliphatic heterocycles. The molecule has 1 amide bonds. The van der Waals surface area contributed by atoms with Gasteiger partial charge >= 0.3 is 12.1 Å². The molecule has 3 aromatic carbocycles. The minimum atomic E-state index is -4.44. The van der Waals surface area contributed by atoms with E-state index in [0.717, 1.165) is 38.9 Å². The molecule has 43 heavy (non-hydrogen) atoms. The second kappa shape index (κ2) is 13.5. The minimum Gasteiger partial charge on any atom is -0.755 e. The number of hydrogen-bond acceptors (Lipinski definition) is 7. The average Bonchev–Trinajstić information content (AvgIpc) is 3.38. The lowest BCUT2D eigenvalue weighted by molar-refractivity contribution is -0.142. The Morgan fingerprint density at radius 2 is 1.56 bits per heavy atom. The molecule has 0 spiro atoms. The fourth-order valence-corrected chi connectivity index (χ4v) is 6.04. The fourth-order valence-electron chi connectivity index (χ4n) is 4.38. The molecule has 4 aromatic rings. The highest BCUT2D eigenvalue weighted by atomic mass is 32.2. The van der Waals surface area contributed by atoms with E-state index in [-0.39, 0.29) is 0 Å². The van der Waals surface area contributed by atoms with Gasteiger partial charge in [0.1, 0.15) is 15.9 Å². The van der Waals surface area contributed by atoms with E-state index in [1.807, 2.05) is 6.92 Å². The first-order chi connectivity index (χ1) is 20.4. The summed E-state index contributed by atoms with van der Waals surface area (Å²) in [5.41, 5.74) is 2.59. The third-order valence-electron chi connectivity index (χ3n) is 6.54. The van der Waals surface area contributed by atoms with Crippen molar-refractivity contribution < 1.29 is 36.3 Å². The maximum atomic E-state index is 13.0. The number of alkyl halides is 3. The van der Waals surface area contributed by atoms with Crippen LogP contribution in [0.2, 0.25) is 0 Å². The lowest BCUT2D eigenvalue weighted by atomic mass is 10.0. The van der Waals surface area contributed by atoms with Gasteiger partial charge in [0.15, 0.2) is 0 Å². The first kappa shape index (κ1) is 31.9. The first-order valence-electron chi connectivity index (χ1n) is 13.1. The number of ether oxygens (including phenoxy) is 1. The molecule has 2 atom stereocenters. The predicted octanol–water partition coefficient (Wildman–Crippen LogP) is 7.00. The molecule has 0 aliphatic carbocycles. The van der Waals surface area contributed by atoms with E-state index in [4.69, 9.17) is 4.74 Å². The van der Waals surface area contributed by atoms with E-state index in [9.17, 15) is 31.5 Å². The molecule has 226 valence electrons. The molecule has 4 rings (SSSR count). The molecule has 0 radical (unpaired) electrons. The number of methoxy groups -OCH3 is 1. The number of carbonyl (C=O) groups is 2. The molecular weight excluding hydrogens is 603 g/mol. The summed E-state index contributed by atoms with van der Waals surface area (Å²) in [4.78, 5) is 29.9. The third-order valence-corrected chi connectivity index (χ3v) is 8.53. The van der Waals surface area contributed by atoms with Crippen LogP contribution in [-0.2, 0) is 27.0 Å². The van der Waals surface area contributed by atoms with E-state index in [0.29, 0.717) is 45.4 Å². The number of aromatic nitrogens is 1. The monoisotopic (exact) mass is 630 g/mol. The summed E-state index contributed by atoms with van der Waals surface area (Å²) in [6.07, 6.45) is -3.56. The summed E-state index contributed by atoms with van der Waals surface area (Å²) >= 11 is -1.62. The lowest BCUT2D eigenvalue weighted by Crippen LogP contribution is -2.43. The number of nitrogens with zero attached hydrogens (tertiary/aromatic N) is 2. The van der Waals surface area contributed by atoms with Gasteiger partial charge in [-0.25, -0.2) is 9.78 Å². The Morgan fingerprint density at radius 3 is 2.07 bits per heavy atom. The molecule has 2 unspecified atom stereocenters. The second-order valence-electron chi connectivity index (χ2n) is 9.46. The van der Waals surface area contributed by atoms with Gasteiger partial charge in [-0.05, 0) is 60.9 Å². The maximum absolute atomic E-state index is 13.0. The van der Waals surface area contributed by atoms with Gasteiger partial charge in [-0.3, -0.25) is 13.3 Å². The smallest absolute Gasteiger partial charge is 0.416 e. The van der Waals surface area contributed by atoms with Gasteiger partial charge in [0.2, 0.25) is 0 Å². The number of hydrogen-bond donors (Lipinski definition) is 1. The quantitative estimate of drug-likeness (QED) is 0.149. The van der Waals surface area contributed by atoms with Crippen molar-refractivity contribution in [1.29, 1.82) is 0 Å². The summed E-state index contributed by atoms with van der Waals surface area (Å²) in [6, 6.07) is 17.3. The molecule has 0 fully saturated rings. The maximum Gasteiger partial charge on any atom is 0.416 e. The third kappa shape index (κ3) is 7.48. The van der Waals surface area contributed by atoms with Gasteiger partial charge in [-0.15, -0.1) is 11.3 Å². The molecule has 0 bridgehead atoms. The highest BCUT2D eigenvalue weighted by Crippen LogP contribution is 2.33. The van der Waals surface area contributed by atoms with Crippen molar-refractivity contribution in [2.75, 3.05) is 16.7 Å². The van der Waals surface area contributed by atoms with Gasteiger partial charge < -0.3 is 14.6 Å². The summed E-state index contributed by atoms with van der Waals surface area (Å²) in [5, 5.41) is 3.24. The number of carbonyl (C=O) groups excluding carboxylic acids is 2. The Balaban J connectivity index is 1.46. The van der Waals surface area contributed by atoms with Crippen molar-refractivity contribution in [1.82, 2.24) is 4.98 Å². The predicted molar refractivity (Wildman–Crippen MR) is 159 cm³/mol. The number of esters is 1. The topological polar surface area (TPSA) is 112 Å². The molecule has 8 nitrogen and oxygen atoms in total. The first-order valence-corrected chi connectivity index (χ1v) is 14.9. The van der Waals surface area contributed by atoms with Crippen LogP contribution in [0.25, 0.3) is 21.7 Å². The molecule has 1 N–H and O–H groups in total. The molecule has 0 saturated heterocycles.